The molecule has 0 saturated carbocycles. The molecule has 0 spiro atoms. The lowest BCUT2D eigenvalue weighted by molar-refractivity contribution is 0.402. The van der Waals surface area contributed by atoms with E-state index in [1.54, 1.807) is 6.92 Å². The fourth-order valence-corrected chi connectivity index (χ4v) is 4.43. The molecular weight excluding hydrogens is 267 g/mol. The molecule has 1 heterocycles. The van der Waals surface area contributed by atoms with Crippen LogP contribution in [0.5, 0.6) is 0 Å². The van der Waals surface area contributed by atoms with Crippen molar-refractivity contribution in [3.63, 3.8) is 0 Å². The highest BCUT2D eigenvalue weighted by molar-refractivity contribution is 7.89. The summed E-state index contributed by atoms with van der Waals surface area (Å²) in [5, 5.41) is 0. The molecule has 1 aliphatic rings. The van der Waals surface area contributed by atoms with Gasteiger partial charge in [0.25, 0.3) is 0 Å². The molecule has 106 valence electrons. The fraction of sp³-hybridized carbons (Fsp3) is 0.538. The molecule has 0 amide bonds. The Morgan fingerprint density at radius 1 is 1.37 bits per heavy atom. The first-order valence-corrected chi connectivity index (χ1v) is 7.75. The summed E-state index contributed by atoms with van der Waals surface area (Å²) in [7, 11) is -3.81. The molecular formula is C13H19FN2O2S. The maximum absolute atomic E-state index is 13.9. The first-order chi connectivity index (χ1) is 8.73. The first kappa shape index (κ1) is 14.3. The summed E-state index contributed by atoms with van der Waals surface area (Å²) in [4.78, 5) is -0.323. The van der Waals surface area contributed by atoms with Crippen LogP contribution in [0.25, 0.3) is 0 Å². The van der Waals surface area contributed by atoms with E-state index in [0.29, 0.717) is 17.8 Å². The molecule has 2 atom stereocenters. The van der Waals surface area contributed by atoms with E-state index in [1.807, 2.05) is 13.8 Å². The summed E-state index contributed by atoms with van der Waals surface area (Å²) < 4.78 is 40.3. The van der Waals surface area contributed by atoms with Gasteiger partial charge >= 0.3 is 0 Å². The Kier molecular flexibility index (Phi) is 3.57. The Balaban J connectivity index is 2.49. The number of hydrogen-bond acceptors (Lipinski definition) is 3. The van der Waals surface area contributed by atoms with Crippen molar-refractivity contribution in [1.82, 2.24) is 4.31 Å². The van der Waals surface area contributed by atoms with Crippen molar-refractivity contribution in [1.29, 1.82) is 0 Å². The van der Waals surface area contributed by atoms with Gasteiger partial charge in [-0.2, -0.15) is 4.31 Å². The summed E-state index contributed by atoms with van der Waals surface area (Å²) in [6.07, 6.45) is 0.794. The summed E-state index contributed by atoms with van der Waals surface area (Å²) in [5.41, 5.74) is 6.53. The minimum atomic E-state index is -3.81. The zero-order chi connectivity index (χ0) is 14.4. The second kappa shape index (κ2) is 4.76. The molecule has 0 aliphatic carbocycles. The van der Waals surface area contributed by atoms with Crippen molar-refractivity contribution >= 4 is 15.7 Å². The Bertz CT molecular complexity index is 601. The van der Waals surface area contributed by atoms with Gasteiger partial charge in [-0.15, -0.1) is 0 Å². The van der Waals surface area contributed by atoms with Crippen molar-refractivity contribution in [2.24, 2.45) is 5.92 Å². The Labute approximate surface area is 113 Å². The van der Waals surface area contributed by atoms with Gasteiger partial charge in [-0.25, -0.2) is 12.8 Å². The number of halogens is 1. The third-order valence-corrected chi connectivity index (χ3v) is 5.63. The number of sulfonamides is 1. The number of nitrogens with two attached hydrogens (primary N) is 1. The summed E-state index contributed by atoms with van der Waals surface area (Å²) in [6, 6.07) is 2.28. The molecule has 0 radical (unpaired) electrons. The molecule has 1 fully saturated rings. The van der Waals surface area contributed by atoms with E-state index >= 15 is 0 Å². The van der Waals surface area contributed by atoms with Crippen LogP contribution >= 0.6 is 0 Å². The van der Waals surface area contributed by atoms with Gasteiger partial charge in [0.1, 0.15) is 10.7 Å². The number of benzene rings is 1. The predicted octanol–water partition coefficient (Wildman–Crippen LogP) is 2.14. The Hall–Kier alpha value is -1.14. The number of rotatable bonds is 2. The minimum Gasteiger partial charge on any atom is -0.398 e. The summed E-state index contributed by atoms with van der Waals surface area (Å²) in [5.74, 6) is -0.450. The van der Waals surface area contributed by atoms with Gasteiger partial charge in [-0.05, 0) is 43.9 Å². The monoisotopic (exact) mass is 286 g/mol. The van der Waals surface area contributed by atoms with Crippen LogP contribution in [0.3, 0.4) is 0 Å². The molecule has 2 unspecified atom stereocenters. The third kappa shape index (κ3) is 2.47. The maximum atomic E-state index is 13.9. The van der Waals surface area contributed by atoms with Crippen molar-refractivity contribution in [3.05, 3.63) is 23.5 Å². The largest absolute Gasteiger partial charge is 0.398 e. The van der Waals surface area contributed by atoms with Crippen LogP contribution in [0.1, 0.15) is 25.8 Å². The topological polar surface area (TPSA) is 63.4 Å². The van der Waals surface area contributed by atoms with Crippen LogP contribution < -0.4 is 5.73 Å². The summed E-state index contributed by atoms with van der Waals surface area (Å²) in [6.45, 7) is 5.91. The van der Waals surface area contributed by atoms with Crippen molar-refractivity contribution in [2.75, 3.05) is 12.3 Å². The average molecular weight is 286 g/mol. The van der Waals surface area contributed by atoms with E-state index in [4.69, 9.17) is 5.73 Å². The van der Waals surface area contributed by atoms with Crippen LogP contribution in [0, 0.1) is 18.7 Å². The molecule has 1 aliphatic heterocycles. The SMILES string of the molecule is Cc1cc(F)c(S(=O)(=O)N2CC(C)CC2C)cc1N. The molecule has 1 saturated heterocycles. The number of nitrogen functional groups attached to an aromatic ring is 1. The number of aryl methyl sites for hydroxylation is 1. The van der Waals surface area contributed by atoms with Gasteiger partial charge in [-0.3, -0.25) is 0 Å². The normalized spacial score (nSPS) is 24.8. The molecule has 1 aromatic rings. The zero-order valence-corrected chi connectivity index (χ0v) is 12.2. The van der Waals surface area contributed by atoms with E-state index in [0.717, 1.165) is 6.42 Å². The molecule has 0 aromatic heterocycles. The average Bonchev–Trinajstić information content (AvgIpc) is 2.63. The van der Waals surface area contributed by atoms with E-state index in [9.17, 15) is 12.8 Å². The van der Waals surface area contributed by atoms with Crippen LogP contribution in [0.2, 0.25) is 0 Å². The van der Waals surface area contributed by atoms with Crippen LogP contribution in [0.4, 0.5) is 10.1 Å². The van der Waals surface area contributed by atoms with Gasteiger partial charge in [0.05, 0.1) is 0 Å². The van der Waals surface area contributed by atoms with Gasteiger partial charge in [0, 0.05) is 18.3 Å². The molecule has 19 heavy (non-hydrogen) atoms. The smallest absolute Gasteiger partial charge is 0.246 e. The van der Waals surface area contributed by atoms with Crippen LogP contribution in [-0.2, 0) is 10.0 Å². The van der Waals surface area contributed by atoms with Gasteiger partial charge in [-0.1, -0.05) is 6.92 Å². The van der Waals surface area contributed by atoms with E-state index < -0.39 is 15.8 Å². The van der Waals surface area contributed by atoms with Crippen molar-refractivity contribution in [3.8, 4) is 0 Å². The Morgan fingerprint density at radius 3 is 2.53 bits per heavy atom. The van der Waals surface area contributed by atoms with Crippen LogP contribution in [0.15, 0.2) is 17.0 Å². The van der Waals surface area contributed by atoms with E-state index in [-0.39, 0.29) is 16.9 Å². The van der Waals surface area contributed by atoms with Crippen LogP contribution in [-0.4, -0.2) is 25.3 Å². The molecule has 0 bridgehead atoms. The molecule has 6 heteroatoms. The predicted molar refractivity (Wildman–Crippen MR) is 72.7 cm³/mol. The fourth-order valence-electron chi connectivity index (χ4n) is 2.59. The van der Waals surface area contributed by atoms with Gasteiger partial charge in [0.2, 0.25) is 10.0 Å². The zero-order valence-electron chi connectivity index (χ0n) is 11.4. The van der Waals surface area contributed by atoms with Crippen molar-refractivity contribution < 1.29 is 12.8 Å². The summed E-state index contributed by atoms with van der Waals surface area (Å²) >= 11 is 0. The number of hydrogen-bond donors (Lipinski definition) is 1. The second-order valence-electron chi connectivity index (χ2n) is 5.40. The lowest BCUT2D eigenvalue weighted by atomic mass is 10.1. The standard InChI is InChI=1S/C13H19FN2O2S/c1-8-4-10(3)16(7-8)19(17,18)13-6-12(15)9(2)5-11(13)14/h5-6,8,10H,4,7,15H2,1-3H3. The number of nitrogens with zero attached hydrogens (tertiary/aromatic N) is 1. The van der Waals surface area contributed by atoms with E-state index in [1.165, 1.54) is 16.4 Å². The minimum absolute atomic E-state index is 0.109. The highest BCUT2D eigenvalue weighted by Gasteiger charge is 2.37. The molecule has 4 nitrogen and oxygen atoms in total. The van der Waals surface area contributed by atoms with E-state index in [2.05, 4.69) is 0 Å². The quantitative estimate of drug-likeness (QED) is 0.847. The molecule has 1 aromatic carbocycles. The highest BCUT2D eigenvalue weighted by atomic mass is 32.2. The Morgan fingerprint density at radius 2 is 2.00 bits per heavy atom. The first-order valence-electron chi connectivity index (χ1n) is 6.31. The lowest BCUT2D eigenvalue weighted by Gasteiger charge is -2.21. The van der Waals surface area contributed by atoms with Crippen molar-refractivity contribution in [2.45, 2.75) is 38.1 Å². The number of anilines is 1. The van der Waals surface area contributed by atoms with Gasteiger partial charge in [0.15, 0.2) is 0 Å². The third-order valence-electron chi connectivity index (χ3n) is 3.63. The van der Waals surface area contributed by atoms with Gasteiger partial charge < -0.3 is 5.73 Å². The maximum Gasteiger partial charge on any atom is 0.246 e. The second-order valence-corrected chi connectivity index (χ2v) is 7.26. The highest BCUT2D eigenvalue weighted by Crippen LogP contribution is 2.31. The lowest BCUT2D eigenvalue weighted by Crippen LogP contribution is -2.34. The molecule has 2 N–H and O–H groups in total. The molecule has 2 rings (SSSR count).